The van der Waals surface area contributed by atoms with Crippen LogP contribution in [0, 0.1) is 0 Å². The minimum atomic E-state index is -4.14. The first-order chi connectivity index (χ1) is 18.2. The highest BCUT2D eigenvalue weighted by Crippen LogP contribution is 2.31. The highest BCUT2D eigenvalue weighted by molar-refractivity contribution is 7.86. The van der Waals surface area contributed by atoms with Crippen LogP contribution in [0.25, 0.3) is 0 Å². The Hall–Kier alpha value is -4.06. The Balaban J connectivity index is 1.60. The lowest BCUT2D eigenvalue weighted by atomic mass is 10.1. The Labute approximate surface area is 219 Å². The molecular weight excluding hydrogens is 516 g/mol. The van der Waals surface area contributed by atoms with Crippen molar-refractivity contribution in [2.45, 2.75) is 24.6 Å². The normalized spacial score (nSPS) is 20.9. The largest absolute Gasteiger partial charge is 0.459 e. The molecule has 3 aromatic rings. The Bertz CT molecular complexity index is 1360. The van der Waals surface area contributed by atoms with Gasteiger partial charge in [0, 0.05) is 0 Å². The van der Waals surface area contributed by atoms with E-state index in [-0.39, 0.29) is 16.7 Å². The number of hydrogen-bond donors (Lipinski definition) is 0. The van der Waals surface area contributed by atoms with Crippen molar-refractivity contribution in [3.8, 4) is 0 Å². The summed E-state index contributed by atoms with van der Waals surface area (Å²) in [5.41, 5.74) is 0.612. The molecule has 0 spiro atoms. The van der Waals surface area contributed by atoms with Gasteiger partial charge in [-0.25, -0.2) is 14.4 Å². The molecule has 4 rings (SSSR count). The molecule has 1 aliphatic rings. The molecule has 1 heterocycles. The van der Waals surface area contributed by atoms with Crippen molar-refractivity contribution in [1.82, 2.24) is 0 Å². The van der Waals surface area contributed by atoms with Gasteiger partial charge in [0.15, 0.2) is 12.2 Å². The van der Waals surface area contributed by atoms with E-state index in [1.807, 2.05) is 0 Å². The van der Waals surface area contributed by atoms with Crippen molar-refractivity contribution in [1.29, 1.82) is 0 Å². The van der Waals surface area contributed by atoms with E-state index >= 15 is 0 Å². The Morgan fingerprint density at radius 3 is 1.61 bits per heavy atom. The van der Waals surface area contributed by atoms with Crippen LogP contribution >= 0.6 is 0 Å². The predicted octanol–water partition coefficient (Wildman–Crippen LogP) is 3.00. The van der Waals surface area contributed by atoms with Gasteiger partial charge in [0.1, 0.15) is 12.7 Å². The van der Waals surface area contributed by atoms with Crippen LogP contribution in [-0.4, -0.2) is 63.8 Å². The van der Waals surface area contributed by atoms with Gasteiger partial charge in [-0.15, -0.1) is 0 Å². The van der Waals surface area contributed by atoms with Crippen molar-refractivity contribution in [3.05, 3.63) is 108 Å². The summed E-state index contributed by atoms with van der Waals surface area (Å²) in [6.45, 7) is -0.455. The van der Waals surface area contributed by atoms with E-state index in [2.05, 4.69) is 0 Å². The maximum Gasteiger partial charge on any atom is 0.340 e. The zero-order valence-corrected chi connectivity index (χ0v) is 21.0. The lowest BCUT2D eigenvalue weighted by molar-refractivity contribution is -0.135. The van der Waals surface area contributed by atoms with Crippen molar-refractivity contribution in [3.63, 3.8) is 0 Å². The van der Waals surface area contributed by atoms with Gasteiger partial charge in [-0.2, -0.15) is 8.42 Å². The van der Waals surface area contributed by atoms with Crippen LogP contribution in [0.5, 0.6) is 0 Å². The molecule has 0 aromatic heterocycles. The van der Waals surface area contributed by atoms with E-state index in [1.165, 1.54) is 24.3 Å². The summed E-state index contributed by atoms with van der Waals surface area (Å²) in [6, 6.07) is 24.0. The average Bonchev–Trinajstić information content (AvgIpc) is 3.22. The second-order valence-electron chi connectivity index (χ2n) is 8.28. The lowest BCUT2D eigenvalue weighted by Crippen LogP contribution is -2.42. The molecule has 3 aromatic carbocycles. The Kier molecular flexibility index (Phi) is 8.52. The summed E-state index contributed by atoms with van der Waals surface area (Å²) in [5, 5.41) is 0. The van der Waals surface area contributed by atoms with Crippen LogP contribution in [0.1, 0.15) is 31.1 Å². The molecule has 1 fully saturated rings. The van der Waals surface area contributed by atoms with E-state index in [0.717, 1.165) is 6.26 Å². The Morgan fingerprint density at radius 2 is 1.13 bits per heavy atom. The van der Waals surface area contributed by atoms with Crippen molar-refractivity contribution >= 4 is 28.0 Å². The van der Waals surface area contributed by atoms with Crippen molar-refractivity contribution in [2.75, 3.05) is 12.9 Å². The zero-order valence-electron chi connectivity index (χ0n) is 20.2. The SMILES string of the molecule is CS(=O)(=O)O[C@H]1[C@@H](OC(=O)c2ccccc2)O[C@H](COC(=O)c2ccccc2)[C@H]1OC(=O)c1ccccc1. The highest BCUT2D eigenvalue weighted by atomic mass is 32.2. The molecule has 0 unspecified atom stereocenters. The van der Waals surface area contributed by atoms with Gasteiger partial charge < -0.3 is 18.9 Å². The molecule has 0 amide bonds. The first-order valence-electron chi connectivity index (χ1n) is 11.5. The molecule has 1 aliphatic heterocycles. The van der Waals surface area contributed by atoms with Gasteiger partial charge in [0.25, 0.3) is 10.1 Å². The molecule has 4 atom stereocenters. The van der Waals surface area contributed by atoms with Gasteiger partial charge in [-0.3, -0.25) is 4.18 Å². The number of ether oxygens (including phenoxy) is 4. The molecule has 1 saturated heterocycles. The third-order valence-corrected chi connectivity index (χ3v) is 6.00. The molecule has 0 radical (unpaired) electrons. The molecule has 0 saturated carbocycles. The van der Waals surface area contributed by atoms with Crippen molar-refractivity contribution < 1.29 is 45.9 Å². The van der Waals surface area contributed by atoms with Gasteiger partial charge in [0.2, 0.25) is 6.29 Å². The number of esters is 3. The average molecular weight is 541 g/mol. The summed E-state index contributed by atoms with van der Waals surface area (Å²) in [7, 11) is -4.14. The standard InChI is InChI=1S/C27H24O10S/c1-38(31,32)37-23-22(35-25(29)19-13-7-3-8-14-19)21(17-33-24(28)18-11-5-2-6-12-18)34-27(23)36-26(30)20-15-9-4-10-16-20/h2-16,21-23,27H,17H2,1H3/t21-,22-,23-,27-/m1/s1. The number of carbonyl (C=O) groups excluding carboxylic acids is 3. The van der Waals surface area contributed by atoms with E-state index in [0.29, 0.717) is 0 Å². The van der Waals surface area contributed by atoms with Gasteiger partial charge >= 0.3 is 17.9 Å². The Morgan fingerprint density at radius 1 is 0.684 bits per heavy atom. The van der Waals surface area contributed by atoms with E-state index in [1.54, 1.807) is 66.7 Å². The van der Waals surface area contributed by atoms with E-state index in [9.17, 15) is 22.8 Å². The fraction of sp³-hybridized carbons (Fsp3) is 0.222. The monoisotopic (exact) mass is 540 g/mol. The van der Waals surface area contributed by atoms with Crippen molar-refractivity contribution in [2.24, 2.45) is 0 Å². The van der Waals surface area contributed by atoms with Gasteiger partial charge in [-0.05, 0) is 36.4 Å². The first-order valence-corrected chi connectivity index (χ1v) is 13.3. The van der Waals surface area contributed by atoms with Crippen LogP contribution in [0.2, 0.25) is 0 Å². The fourth-order valence-corrected chi connectivity index (χ4v) is 4.30. The number of hydrogen-bond acceptors (Lipinski definition) is 10. The van der Waals surface area contributed by atoms with Crippen LogP contribution in [0.4, 0.5) is 0 Å². The van der Waals surface area contributed by atoms with Crippen LogP contribution < -0.4 is 0 Å². The minimum absolute atomic E-state index is 0.172. The summed E-state index contributed by atoms with van der Waals surface area (Å²) >= 11 is 0. The maximum atomic E-state index is 12.9. The zero-order chi connectivity index (χ0) is 27.1. The van der Waals surface area contributed by atoms with E-state index in [4.69, 9.17) is 23.1 Å². The molecule has 11 heteroatoms. The van der Waals surface area contributed by atoms with Gasteiger partial charge in [0.05, 0.1) is 22.9 Å². The second-order valence-corrected chi connectivity index (χ2v) is 9.88. The van der Waals surface area contributed by atoms with E-state index < -0.39 is 59.2 Å². The third-order valence-electron chi connectivity index (χ3n) is 5.43. The quantitative estimate of drug-likeness (QED) is 0.227. The summed E-state index contributed by atoms with van der Waals surface area (Å²) in [5.74, 6) is -2.32. The summed E-state index contributed by atoms with van der Waals surface area (Å²) in [4.78, 5) is 38.1. The second kappa shape index (κ2) is 12.0. The maximum absolute atomic E-state index is 12.9. The number of rotatable bonds is 9. The lowest BCUT2D eigenvalue weighted by Gasteiger charge is -2.23. The highest BCUT2D eigenvalue weighted by Gasteiger charge is 2.52. The third kappa shape index (κ3) is 7.03. The number of carbonyl (C=O) groups is 3. The van der Waals surface area contributed by atoms with Crippen LogP contribution in [-0.2, 0) is 33.2 Å². The van der Waals surface area contributed by atoms with Crippen LogP contribution in [0.3, 0.4) is 0 Å². The van der Waals surface area contributed by atoms with Gasteiger partial charge in [-0.1, -0.05) is 54.6 Å². The molecule has 0 N–H and O–H groups in total. The predicted molar refractivity (Wildman–Crippen MR) is 133 cm³/mol. The smallest absolute Gasteiger partial charge is 0.340 e. The molecule has 38 heavy (non-hydrogen) atoms. The van der Waals surface area contributed by atoms with Crippen LogP contribution in [0.15, 0.2) is 91.0 Å². The number of benzene rings is 3. The molecule has 198 valence electrons. The first kappa shape index (κ1) is 27.0. The topological polar surface area (TPSA) is 132 Å². The molecular formula is C27H24O10S. The molecule has 10 nitrogen and oxygen atoms in total. The molecule has 0 bridgehead atoms. The summed E-state index contributed by atoms with van der Waals surface area (Å²) < 4.78 is 51.5. The summed E-state index contributed by atoms with van der Waals surface area (Å²) in [6.07, 6.45) is -5.04. The molecule has 0 aliphatic carbocycles. The fourth-order valence-electron chi connectivity index (χ4n) is 3.70. The minimum Gasteiger partial charge on any atom is -0.459 e.